The topological polar surface area (TPSA) is 39.4 Å². The molecular formula is C21H29N3S. The molecule has 1 aliphatic heterocycles. The molecule has 1 aromatic rings. The second-order valence-electron chi connectivity index (χ2n) is 9.49. The summed E-state index contributed by atoms with van der Waals surface area (Å²) in [7, 11) is 0. The number of nitriles is 1. The van der Waals surface area contributed by atoms with Crippen molar-refractivity contribution in [3.63, 3.8) is 0 Å². The first-order valence-corrected chi connectivity index (χ1v) is 10.6. The molecule has 0 spiro atoms. The van der Waals surface area contributed by atoms with Crippen LogP contribution < -0.4 is 0 Å². The second kappa shape index (κ2) is 6.13. The Morgan fingerprint density at radius 2 is 2.00 bits per heavy atom. The predicted octanol–water partition coefficient (Wildman–Crippen LogP) is 5.45. The van der Waals surface area contributed by atoms with Crippen LogP contribution in [0.1, 0.15) is 75.3 Å². The van der Waals surface area contributed by atoms with Gasteiger partial charge >= 0.3 is 0 Å². The normalized spacial score (nSPS) is 31.0. The van der Waals surface area contributed by atoms with Crippen molar-refractivity contribution in [2.24, 2.45) is 15.8 Å². The molecule has 1 saturated carbocycles. The Labute approximate surface area is 155 Å². The number of hydrogen-bond donors (Lipinski definition) is 0. The van der Waals surface area contributed by atoms with E-state index in [2.05, 4.69) is 38.1 Å². The molecule has 2 aliphatic carbocycles. The minimum Gasteiger partial charge on any atom is -0.359 e. The number of likely N-dealkylation sites (tertiary alicyclic amines) is 1. The zero-order chi connectivity index (χ0) is 17.7. The molecule has 2 atom stereocenters. The minimum atomic E-state index is 0.420. The summed E-state index contributed by atoms with van der Waals surface area (Å²) in [6.45, 7) is 8.35. The lowest BCUT2D eigenvalue weighted by atomic mass is 9.65. The summed E-state index contributed by atoms with van der Waals surface area (Å²) in [4.78, 5) is 8.70. The molecule has 1 saturated heterocycles. The Morgan fingerprint density at radius 3 is 2.80 bits per heavy atom. The molecule has 3 nitrogen and oxygen atoms in total. The van der Waals surface area contributed by atoms with Crippen LogP contribution in [0.5, 0.6) is 0 Å². The summed E-state index contributed by atoms with van der Waals surface area (Å²) in [5.74, 6) is 0. The van der Waals surface area contributed by atoms with Gasteiger partial charge in [0.05, 0.1) is 11.9 Å². The predicted molar refractivity (Wildman–Crippen MR) is 105 cm³/mol. The number of hydrogen-bond acceptors (Lipinski definition) is 3. The standard InChI is InChI=1S/C21H29N3S/c1-20(2)9-15-10-21(3,12-20)13-24(15)14-23-19-17(11-22)16-7-5-4-6-8-18(16)25-19/h14-15H,4-10,12-13H2,1-3H3/t15-,21+/m0/s1. The number of thiophene rings is 1. The van der Waals surface area contributed by atoms with Crippen molar-refractivity contribution in [3.8, 4) is 6.07 Å². The average Bonchev–Trinajstić information content (AvgIpc) is 2.86. The first kappa shape index (κ1) is 17.1. The van der Waals surface area contributed by atoms with Crippen molar-refractivity contribution < 1.29 is 0 Å². The lowest BCUT2D eigenvalue weighted by Gasteiger charge is -2.39. The number of nitrogens with zero attached hydrogens (tertiary/aromatic N) is 3. The van der Waals surface area contributed by atoms with Crippen LogP contribution in [0.15, 0.2) is 4.99 Å². The fourth-order valence-corrected chi connectivity index (χ4v) is 6.88. The van der Waals surface area contributed by atoms with Gasteiger partial charge in [-0.1, -0.05) is 27.2 Å². The van der Waals surface area contributed by atoms with Crippen molar-refractivity contribution in [1.82, 2.24) is 4.90 Å². The summed E-state index contributed by atoms with van der Waals surface area (Å²) in [6, 6.07) is 3.06. The molecule has 0 aromatic carbocycles. The second-order valence-corrected chi connectivity index (χ2v) is 10.6. The highest BCUT2D eigenvalue weighted by Gasteiger charge is 2.48. The molecule has 2 fully saturated rings. The van der Waals surface area contributed by atoms with Gasteiger partial charge in [0, 0.05) is 17.5 Å². The molecule has 3 aliphatic rings. The van der Waals surface area contributed by atoms with Crippen molar-refractivity contribution in [2.45, 2.75) is 78.2 Å². The molecule has 1 aromatic heterocycles. The van der Waals surface area contributed by atoms with E-state index in [0.717, 1.165) is 30.0 Å². The highest BCUT2D eigenvalue weighted by Crippen LogP contribution is 2.52. The first-order valence-electron chi connectivity index (χ1n) is 9.74. The Balaban J connectivity index is 1.58. The van der Waals surface area contributed by atoms with E-state index in [1.54, 1.807) is 11.3 Å². The van der Waals surface area contributed by atoms with Gasteiger partial charge in [-0.3, -0.25) is 0 Å². The van der Waals surface area contributed by atoms with Crippen LogP contribution in [-0.2, 0) is 12.8 Å². The maximum absolute atomic E-state index is 9.68. The highest BCUT2D eigenvalue weighted by atomic mass is 32.1. The molecule has 4 heteroatoms. The van der Waals surface area contributed by atoms with Crippen molar-refractivity contribution in [1.29, 1.82) is 5.26 Å². The summed E-state index contributed by atoms with van der Waals surface area (Å²) in [5, 5.41) is 10.6. The van der Waals surface area contributed by atoms with Crippen LogP contribution in [0.3, 0.4) is 0 Å². The Kier molecular flexibility index (Phi) is 4.19. The maximum Gasteiger partial charge on any atom is 0.136 e. The molecule has 0 amide bonds. The third kappa shape index (κ3) is 3.24. The average molecular weight is 356 g/mol. The van der Waals surface area contributed by atoms with Gasteiger partial charge in [0.15, 0.2) is 0 Å². The molecule has 2 heterocycles. The number of rotatable bonds is 2. The van der Waals surface area contributed by atoms with Crippen molar-refractivity contribution in [2.75, 3.05) is 6.54 Å². The minimum absolute atomic E-state index is 0.420. The summed E-state index contributed by atoms with van der Waals surface area (Å²) in [6.07, 6.45) is 11.8. The Morgan fingerprint density at radius 1 is 1.20 bits per heavy atom. The van der Waals surface area contributed by atoms with Crippen molar-refractivity contribution in [3.05, 3.63) is 16.0 Å². The van der Waals surface area contributed by atoms with E-state index in [4.69, 9.17) is 4.99 Å². The number of aliphatic imine (C=N–C) groups is 1. The lowest BCUT2D eigenvalue weighted by Crippen LogP contribution is -2.34. The molecule has 134 valence electrons. The van der Waals surface area contributed by atoms with E-state index in [1.165, 1.54) is 49.0 Å². The summed E-state index contributed by atoms with van der Waals surface area (Å²) < 4.78 is 0. The van der Waals surface area contributed by atoms with Crippen molar-refractivity contribution >= 4 is 22.7 Å². The fourth-order valence-electron chi connectivity index (χ4n) is 5.70. The third-order valence-corrected chi connectivity index (χ3v) is 7.49. The Bertz CT molecular complexity index is 739. The van der Waals surface area contributed by atoms with Crippen LogP contribution in [0.25, 0.3) is 0 Å². The molecule has 2 bridgehead atoms. The van der Waals surface area contributed by atoms with Gasteiger partial charge in [0.2, 0.25) is 0 Å². The fraction of sp³-hybridized carbons (Fsp3) is 0.714. The van der Waals surface area contributed by atoms with Crippen LogP contribution in [0.2, 0.25) is 0 Å². The van der Waals surface area contributed by atoms with E-state index >= 15 is 0 Å². The zero-order valence-electron chi connectivity index (χ0n) is 15.8. The van der Waals surface area contributed by atoms with E-state index in [9.17, 15) is 5.26 Å². The highest BCUT2D eigenvalue weighted by molar-refractivity contribution is 7.16. The monoisotopic (exact) mass is 355 g/mol. The molecule has 0 N–H and O–H groups in total. The van der Waals surface area contributed by atoms with Crippen LogP contribution in [0.4, 0.5) is 5.00 Å². The van der Waals surface area contributed by atoms with E-state index in [-0.39, 0.29) is 0 Å². The van der Waals surface area contributed by atoms with Crippen LogP contribution in [-0.4, -0.2) is 23.8 Å². The van der Waals surface area contributed by atoms with Crippen LogP contribution in [0, 0.1) is 22.2 Å². The third-order valence-electron chi connectivity index (χ3n) is 6.29. The SMILES string of the molecule is CC1(C)C[C@H]2C[C@@](C)(CN2C=Nc2sc3c(c2C#N)CCCCC3)C1. The van der Waals surface area contributed by atoms with E-state index in [1.807, 2.05) is 0 Å². The molecule has 25 heavy (non-hydrogen) atoms. The van der Waals surface area contributed by atoms with E-state index < -0.39 is 0 Å². The molecule has 0 radical (unpaired) electrons. The van der Waals surface area contributed by atoms with Gasteiger partial charge in [0.1, 0.15) is 11.1 Å². The number of fused-ring (bicyclic) bond motifs is 3. The Hall–Kier alpha value is -1.34. The van der Waals surface area contributed by atoms with Gasteiger partial charge in [0.25, 0.3) is 0 Å². The summed E-state index contributed by atoms with van der Waals surface area (Å²) >= 11 is 1.76. The lowest BCUT2D eigenvalue weighted by molar-refractivity contribution is 0.133. The largest absolute Gasteiger partial charge is 0.359 e. The quantitative estimate of drug-likeness (QED) is 0.402. The van der Waals surface area contributed by atoms with E-state index in [0.29, 0.717) is 16.9 Å². The molecule has 0 unspecified atom stereocenters. The van der Waals surface area contributed by atoms with Gasteiger partial charge in [-0.05, 0) is 61.3 Å². The molecular weight excluding hydrogens is 326 g/mol. The smallest absolute Gasteiger partial charge is 0.136 e. The van der Waals surface area contributed by atoms with Crippen LogP contribution >= 0.6 is 11.3 Å². The first-order chi connectivity index (χ1) is 11.9. The zero-order valence-corrected chi connectivity index (χ0v) is 16.6. The van der Waals surface area contributed by atoms with Gasteiger partial charge < -0.3 is 4.90 Å². The molecule has 4 rings (SSSR count). The number of aryl methyl sites for hydroxylation is 1. The van der Waals surface area contributed by atoms with Gasteiger partial charge in [-0.2, -0.15) is 5.26 Å². The summed E-state index contributed by atoms with van der Waals surface area (Å²) in [5.41, 5.74) is 3.00. The van der Waals surface area contributed by atoms with Gasteiger partial charge in [-0.25, -0.2) is 4.99 Å². The van der Waals surface area contributed by atoms with Gasteiger partial charge in [-0.15, -0.1) is 11.3 Å². The maximum atomic E-state index is 9.68.